The standard InChI is InChI=1S/C16H22N6O/c1-12(8-14-10-17-4-5-19-14)20-16(23)3-2-13-9-15-11-18-6-7-22(15)21-13/h4-5,9-10,12,18H,2-3,6-8,11H2,1H3,(H,20,23). The van der Waals surface area contributed by atoms with Crippen molar-refractivity contribution in [3.8, 4) is 0 Å². The number of nitrogens with one attached hydrogen (secondary N) is 2. The molecule has 2 N–H and O–H groups in total. The topological polar surface area (TPSA) is 84.7 Å². The van der Waals surface area contributed by atoms with E-state index in [1.165, 1.54) is 5.69 Å². The van der Waals surface area contributed by atoms with Crippen LogP contribution in [0.4, 0.5) is 0 Å². The summed E-state index contributed by atoms with van der Waals surface area (Å²) in [6, 6.07) is 2.13. The maximum absolute atomic E-state index is 12.1. The molecule has 0 saturated carbocycles. The Hall–Kier alpha value is -2.28. The number of carbonyl (C=O) groups excluding carboxylic acids is 1. The Balaban J connectivity index is 1.45. The fourth-order valence-corrected chi connectivity index (χ4v) is 2.76. The molecule has 0 fully saturated rings. The van der Waals surface area contributed by atoms with Crippen molar-refractivity contribution in [3.63, 3.8) is 0 Å². The summed E-state index contributed by atoms with van der Waals surface area (Å²) in [6.45, 7) is 4.69. The van der Waals surface area contributed by atoms with Gasteiger partial charge in [0, 0.05) is 57.0 Å². The molecule has 0 aliphatic carbocycles. The molecule has 1 aliphatic heterocycles. The zero-order valence-electron chi connectivity index (χ0n) is 13.3. The summed E-state index contributed by atoms with van der Waals surface area (Å²) in [5.41, 5.74) is 3.07. The zero-order valence-corrected chi connectivity index (χ0v) is 13.3. The van der Waals surface area contributed by atoms with Crippen molar-refractivity contribution in [1.29, 1.82) is 0 Å². The highest BCUT2D eigenvalue weighted by Crippen LogP contribution is 2.09. The molecule has 7 nitrogen and oxygen atoms in total. The number of rotatable bonds is 6. The lowest BCUT2D eigenvalue weighted by Crippen LogP contribution is -2.34. The van der Waals surface area contributed by atoms with Gasteiger partial charge in [0.05, 0.1) is 23.6 Å². The van der Waals surface area contributed by atoms with E-state index in [2.05, 4.69) is 31.8 Å². The fraction of sp³-hybridized carbons (Fsp3) is 0.500. The first-order valence-corrected chi connectivity index (χ1v) is 8.01. The molecule has 0 radical (unpaired) electrons. The number of amides is 1. The SMILES string of the molecule is CC(Cc1cnccn1)NC(=O)CCc1cc2n(n1)CCNC2. The van der Waals surface area contributed by atoms with Crippen LogP contribution in [0.15, 0.2) is 24.7 Å². The normalized spacial score (nSPS) is 15.0. The Kier molecular flexibility index (Phi) is 4.97. The first kappa shape index (κ1) is 15.6. The number of hydrogen-bond donors (Lipinski definition) is 2. The third kappa shape index (κ3) is 4.35. The number of aryl methyl sites for hydroxylation is 1. The highest BCUT2D eigenvalue weighted by Gasteiger charge is 2.13. The van der Waals surface area contributed by atoms with Crippen molar-refractivity contribution < 1.29 is 4.79 Å². The van der Waals surface area contributed by atoms with Gasteiger partial charge in [-0.05, 0) is 13.0 Å². The van der Waals surface area contributed by atoms with Gasteiger partial charge in [-0.15, -0.1) is 0 Å². The van der Waals surface area contributed by atoms with Crippen LogP contribution in [0.1, 0.15) is 30.4 Å². The van der Waals surface area contributed by atoms with Crippen LogP contribution in [0.2, 0.25) is 0 Å². The molecule has 2 aromatic heterocycles. The van der Waals surface area contributed by atoms with E-state index < -0.39 is 0 Å². The smallest absolute Gasteiger partial charge is 0.220 e. The quantitative estimate of drug-likeness (QED) is 0.809. The molecule has 3 heterocycles. The van der Waals surface area contributed by atoms with Gasteiger partial charge in [-0.1, -0.05) is 0 Å². The van der Waals surface area contributed by atoms with Crippen molar-refractivity contribution >= 4 is 5.91 Å². The largest absolute Gasteiger partial charge is 0.353 e. The van der Waals surface area contributed by atoms with Crippen molar-refractivity contribution in [1.82, 2.24) is 30.4 Å². The monoisotopic (exact) mass is 314 g/mol. The van der Waals surface area contributed by atoms with Crippen LogP contribution in [0, 0.1) is 0 Å². The summed E-state index contributed by atoms with van der Waals surface area (Å²) in [4.78, 5) is 20.3. The Morgan fingerprint density at radius 3 is 3.13 bits per heavy atom. The second kappa shape index (κ2) is 7.32. The van der Waals surface area contributed by atoms with E-state index in [1.807, 2.05) is 11.6 Å². The molecule has 7 heteroatoms. The van der Waals surface area contributed by atoms with Crippen LogP contribution >= 0.6 is 0 Å². The lowest BCUT2D eigenvalue weighted by molar-refractivity contribution is -0.121. The molecule has 3 rings (SSSR count). The average Bonchev–Trinajstić information content (AvgIpc) is 2.96. The van der Waals surface area contributed by atoms with E-state index in [-0.39, 0.29) is 11.9 Å². The second-order valence-electron chi connectivity index (χ2n) is 5.90. The molecule has 2 aromatic rings. The van der Waals surface area contributed by atoms with Gasteiger partial charge in [0.25, 0.3) is 0 Å². The Morgan fingerprint density at radius 2 is 2.35 bits per heavy atom. The maximum Gasteiger partial charge on any atom is 0.220 e. The highest BCUT2D eigenvalue weighted by molar-refractivity contribution is 5.76. The molecular weight excluding hydrogens is 292 g/mol. The van der Waals surface area contributed by atoms with Gasteiger partial charge < -0.3 is 10.6 Å². The molecule has 1 aliphatic rings. The molecule has 0 saturated heterocycles. The Bertz CT molecular complexity index is 630. The lowest BCUT2D eigenvalue weighted by atomic mass is 10.1. The predicted molar refractivity (Wildman–Crippen MR) is 85.6 cm³/mol. The number of nitrogens with zero attached hydrogens (tertiary/aromatic N) is 4. The molecule has 1 unspecified atom stereocenters. The van der Waals surface area contributed by atoms with Gasteiger partial charge in [0.2, 0.25) is 5.91 Å². The van der Waals surface area contributed by atoms with Gasteiger partial charge in [0.1, 0.15) is 0 Å². The Labute approximate surface area is 135 Å². The van der Waals surface area contributed by atoms with Crippen LogP contribution in [0.5, 0.6) is 0 Å². The summed E-state index contributed by atoms with van der Waals surface area (Å²) in [5.74, 6) is 0.0467. The number of aromatic nitrogens is 4. The first-order valence-electron chi connectivity index (χ1n) is 8.01. The maximum atomic E-state index is 12.1. The van der Waals surface area contributed by atoms with Gasteiger partial charge in [-0.2, -0.15) is 5.10 Å². The third-order valence-electron chi connectivity index (χ3n) is 3.87. The summed E-state index contributed by atoms with van der Waals surface area (Å²) < 4.78 is 2.03. The minimum Gasteiger partial charge on any atom is -0.353 e. The molecule has 0 spiro atoms. The Morgan fingerprint density at radius 1 is 1.43 bits per heavy atom. The highest BCUT2D eigenvalue weighted by atomic mass is 16.1. The zero-order chi connectivity index (χ0) is 16.1. The van der Waals surface area contributed by atoms with E-state index in [4.69, 9.17) is 0 Å². The minimum atomic E-state index is 0.0404. The number of fused-ring (bicyclic) bond motifs is 1. The molecule has 122 valence electrons. The van der Waals surface area contributed by atoms with Gasteiger partial charge in [0.15, 0.2) is 0 Å². The molecule has 0 bridgehead atoms. The second-order valence-corrected chi connectivity index (χ2v) is 5.90. The van der Waals surface area contributed by atoms with Crippen molar-refractivity contribution in [2.45, 2.75) is 45.3 Å². The van der Waals surface area contributed by atoms with E-state index in [9.17, 15) is 4.79 Å². The lowest BCUT2D eigenvalue weighted by Gasteiger charge is -2.13. The van der Waals surface area contributed by atoms with Crippen molar-refractivity contribution in [2.75, 3.05) is 6.54 Å². The van der Waals surface area contributed by atoms with Crippen LogP contribution in [0.3, 0.4) is 0 Å². The van der Waals surface area contributed by atoms with Crippen LogP contribution in [-0.2, 0) is 30.7 Å². The molecule has 0 aromatic carbocycles. The minimum absolute atomic E-state index is 0.0404. The van der Waals surface area contributed by atoms with Crippen LogP contribution in [-0.4, -0.2) is 38.2 Å². The van der Waals surface area contributed by atoms with Crippen molar-refractivity contribution in [2.24, 2.45) is 0 Å². The van der Waals surface area contributed by atoms with E-state index in [0.29, 0.717) is 19.3 Å². The number of carbonyl (C=O) groups is 1. The van der Waals surface area contributed by atoms with Crippen LogP contribution in [0.25, 0.3) is 0 Å². The van der Waals surface area contributed by atoms with Crippen molar-refractivity contribution in [3.05, 3.63) is 41.7 Å². The predicted octanol–water partition coefficient (Wildman–Crippen LogP) is 0.456. The molecule has 23 heavy (non-hydrogen) atoms. The molecular formula is C16H22N6O. The van der Waals surface area contributed by atoms with Gasteiger partial charge in [-0.3, -0.25) is 19.4 Å². The van der Waals surface area contributed by atoms with E-state index >= 15 is 0 Å². The average molecular weight is 314 g/mol. The first-order chi connectivity index (χ1) is 11.2. The third-order valence-corrected chi connectivity index (χ3v) is 3.87. The molecule has 1 atom stereocenters. The van der Waals surface area contributed by atoms with E-state index in [0.717, 1.165) is 31.0 Å². The van der Waals surface area contributed by atoms with Crippen LogP contribution < -0.4 is 10.6 Å². The summed E-state index contributed by atoms with van der Waals surface area (Å²) in [6.07, 6.45) is 6.85. The summed E-state index contributed by atoms with van der Waals surface area (Å²) in [7, 11) is 0. The van der Waals surface area contributed by atoms with Gasteiger partial charge >= 0.3 is 0 Å². The molecule has 1 amide bonds. The fourth-order valence-electron chi connectivity index (χ4n) is 2.76. The summed E-state index contributed by atoms with van der Waals surface area (Å²) in [5, 5.41) is 10.9. The van der Waals surface area contributed by atoms with E-state index in [1.54, 1.807) is 18.6 Å². The number of hydrogen-bond acceptors (Lipinski definition) is 5. The van der Waals surface area contributed by atoms with Gasteiger partial charge in [-0.25, -0.2) is 0 Å². The summed E-state index contributed by atoms with van der Waals surface area (Å²) >= 11 is 0.